The molecule has 2 aromatic carbocycles. The molecule has 160 valence electrons. The number of anilines is 2. The van der Waals surface area contributed by atoms with Crippen molar-refractivity contribution in [2.45, 2.75) is 32.1 Å². The van der Waals surface area contributed by atoms with Gasteiger partial charge in [0.2, 0.25) is 10.0 Å². The Bertz CT molecular complexity index is 1030. The summed E-state index contributed by atoms with van der Waals surface area (Å²) in [5.74, 6) is -0.502. The van der Waals surface area contributed by atoms with Gasteiger partial charge < -0.3 is 10.1 Å². The van der Waals surface area contributed by atoms with Crippen molar-refractivity contribution < 1.29 is 22.7 Å². The van der Waals surface area contributed by atoms with Crippen molar-refractivity contribution in [1.29, 1.82) is 0 Å². The Morgan fingerprint density at radius 2 is 1.63 bits per heavy atom. The van der Waals surface area contributed by atoms with Crippen LogP contribution in [0.25, 0.3) is 0 Å². The summed E-state index contributed by atoms with van der Waals surface area (Å²) >= 11 is 0. The number of nitrogens with one attached hydrogen (secondary N) is 1. The predicted octanol–water partition coefficient (Wildman–Crippen LogP) is 3.32. The molecule has 0 bridgehead atoms. The Morgan fingerprint density at radius 3 is 2.13 bits per heavy atom. The van der Waals surface area contributed by atoms with Crippen LogP contribution in [0.15, 0.2) is 48.5 Å². The summed E-state index contributed by atoms with van der Waals surface area (Å²) in [6.45, 7) is 3.73. The van der Waals surface area contributed by atoms with Gasteiger partial charge in [0.1, 0.15) is 0 Å². The van der Waals surface area contributed by atoms with Crippen LogP contribution in [0.3, 0.4) is 0 Å². The first-order chi connectivity index (χ1) is 14.2. The van der Waals surface area contributed by atoms with Gasteiger partial charge in [0.15, 0.2) is 0 Å². The molecular weight excluding hydrogens is 404 g/mol. The lowest BCUT2D eigenvalue weighted by molar-refractivity contribution is -0.146. The minimum atomic E-state index is -3.35. The maximum absolute atomic E-state index is 12.5. The number of hydrogen-bond acceptors (Lipinski definition) is 5. The highest BCUT2D eigenvalue weighted by molar-refractivity contribution is 7.92. The van der Waals surface area contributed by atoms with Gasteiger partial charge in [0.05, 0.1) is 23.5 Å². The van der Waals surface area contributed by atoms with E-state index < -0.39 is 15.4 Å². The Labute approximate surface area is 177 Å². The Balaban J connectivity index is 1.67. The van der Waals surface area contributed by atoms with E-state index in [1.54, 1.807) is 50.2 Å². The third-order valence-corrected chi connectivity index (χ3v) is 7.16. The fourth-order valence-corrected chi connectivity index (χ4v) is 4.09. The molecule has 3 rings (SSSR count). The average molecular weight is 431 g/mol. The molecule has 0 aliphatic heterocycles. The lowest BCUT2D eigenvalue weighted by atomic mass is 9.96. The number of rotatable bonds is 8. The van der Waals surface area contributed by atoms with Crippen LogP contribution in [0.2, 0.25) is 0 Å². The minimum absolute atomic E-state index is 0.000808. The topological polar surface area (TPSA) is 92.8 Å². The summed E-state index contributed by atoms with van der Waals surface area (Å²) < 4.78 is 30.3. The second kappa shape index (κ2) is 8.47. The third-order valence-electron chi connectivity index (χ3n) is 5.39. The van der Waals surface area contributed by atoms with Gasteiger partial charge in [-0.25, -0.2) is 8.42 Å². The Morgan fingerprint density at radius 1 is 1.03 bits per heavy atom. The zero-order chi connectivity index (χ0) is 21.9. The lowest BCUT2D eigenvalue weighted by Crippen LogP contribution is -2.28. The van der Waals surface area contributed by atoms with E-state index >= 15 is 0 Å². The van der Waals surface area contributed by atoms with Crippen LogP contribution in [0.4, 0.5) is 11.4 Å². The van der Waals surface area contributed by atoms with Crippen LogP contribution in [0.5, 0.6) is 0 Å². The lowest BCUT2D eigenvalue weighted by Gasteiger charge is -2.18. The van der Waals surface area contributed by atoms with E-state index in [4.69, 9.17) is 4.74 Å². The molecule has 0 radical (unpaired) electrons. The molecule has 1 amide bonds. The number of amides is 1. The van der Waals surface area contributed by atoms with Gasteiger partial charge in [-0.3, -0.25) is 13.9 Å². The van der Waals surface area contributed by atoms with Gasteiger partial charge in [0, 0.05) is 18.3 Å². The SMILES string of the molecule is CCOC(=O)C1(c2ccc(NC(=O)c3ccc(N(C)S(=O)(=O)CC)cc3)cc2)CC1. The number of ether oxygens (including phenoxy) is 1. The van der Waals surface area contributed by atoms with Crippen molar-refractivity contribution in [3.05, 3.63) is 59.7 Å². The molecule has 0 unspecified atom stereocenters. The fraction of sp³-hybridized carbons (Fsp3) is 0.364. The van der Waals surface area contributed by atoms with Crippen molar-refractivity contribution >= 4 is 33.3 Å². The number of benzene rings is 2. The standard InChI is InChI=1S/C22H26N2O5S/c1-4-29-21(26)22(14-15-22)17-8-10-18(11-9-17)23-20(25)16-6-12-19(13-7-16)24(3)30(27,28)5-2/h6-13H,4-5,14-15H2,1-3H3,(H,23,25). The first-order valence-electron chi connectivity index (χ1n) is 9.89. The maximum Gasteiger partial charge on any atom is 0.316 e. The van der Waals surface area contributed by atoms with E-state index in [-0.39, 0.29) is 17.6 Å². The molecule has 1 N–H and O–H groups in total. The van der Waals surface area contributed by atoms with Crippen LogP contribution >= 0.6 is 0 Å². The molecule has 1 fully saturated rings. The number of esters is 1. The summed E-state index contributed by atoms with van der Waals surface area (Å²) in [5, 5.41) is 2.81. The van der Waals surface area contributed by atoms with E-state index in [0.717, 1.165) is 18.4 Å². The molecular formula is C22H26N2O5S. The number of hydrogen-bond donors (Lipinski definition) is 1. The van der Waals surface area contributed by atoms with Crippen molar-refractivity contribution in [2.75, 3.05) is 29.0 Å². The molecule has 0 saturated heterocycles. The largest absolute Gasteiger partial charge is 0.465 e. The van der Waals surface area contributed by atoms with Gasteiger partial charge in [-0.2, -0.15) is 0 Å². The number of sulfonamides is 1. The summed E-state index contributed by atoms with van der Waals surface area (Å²) in [6, 6.07) is 13.6. The summed E-state index contributed by atoms with van der Waals surface area (Å²) in [4.78, 5) is 24.7. The maximum atomic E-state index is 12.5. The van der Waals surface area contributed by atoms with E-state index in [0.29, 0.717) is 23.5 Å². The highest BCUT2D eigenvalue weighted by Crippen LogP contribution is 2.49. The van der Waals surface area contributed by atoms with E-state index in [1.807, 2.05) is 12.1 Å². The van der Waals surface area contributed by atoms with Crippen LogP contribution in [0, 0.1) is 0 Å². The highest BCUT2D eigenvalue weighted by atomic mass is 32.2. The fourth-order valence-electron chi connectivity index (χ4n) is 3.26. The van der Waals surface area contributed by atoms with Crippen LogP contribution in [0.1, 0.15) is 42.6 Å². The molecule has 0 spiro atoms. The zero-order valence-corrected chi connectivity index (χ0v) is 18.2. The number of nitrogens with zero attached hydrogens (tertiary/aromatic N) is 1. The van der Waals surface area contributed by atoms with Gasteiger partial charge in [-0.1, -0.05) is 12.1 Å². The van der Waals surface area contributed by atoms with Crippen LogP contribution in [-0.4, -0.2) is 39.7 Å². The Hall–Kier alpha value is -2.87. The minimum Gasteiger partial charge on any atom is -0.465 e. The first-order valence-corrected chi connectivity index (χ1v) is 11.5. The van der Waals surface area contributed by atoms with Crippen LogP contribution < -0.4 is 9.62 Å². The molecule has 0 aromatic heterocycles. The van der Waals surface area contributed by atoms with Crippen molar-refractivity contribution in [3.8, 4) is 0 Å². The summed E-state index contributed by atoms with van der Waals surface area (Å²) in [5.41, 5.74) is 1.86. The highest BCUT2D eigenvalue weighted by Gasteiger charge is 2.52. The van der Waals surface area contributed by atoms with Gasteiger partial charge in [-0.05, 0) is 68.7 Å². The molecule has 0 heterocycles. The van der Waals surface area contributed by atoms with Gasteiger partial charge >= 0.3 is 5.97 Å². The third kappa shape index (κ3) is 4.33. The zero-order valence-electron chi connectivity index (χ0n) is 17.3. The molecule has 0 atom stereocenters. The molecule has 8 heteroatoms. The van der Waals surface area contributed by atoms with Gasteiger partial charge in [0.25, 0.3) is 5.91 Å². The summed E-state index contributed by atoms with van der Waals surface area (Å²) in [6.07, 6.45) is 1.54. The second-order valence-corrected chi connectivity index (χ2v) is 9.54. The average Bonchev–Trinajstić information content (AvgIpc) is 3.56. The van der Waals surface area contributed by atoms with E-state index in [1.165, 1.54) is 11.4 Å². The second-order valence-electron chi connectivity index (χ2n) is 7.25. The monoisotopic (exact) mass is 430 g/mol. The molecule has 2 aromatic rings. The van der Waals surface area contributed by atoms with Crippen molar-refractivity contribution in [3.63, 3.8) is 0 Å². The molecule has 1 aliphatic carbocycles. The van der Waals surface area contributed by atoms with Crippen LogP contribution in [-0.2, 0) is 25.0 Å². The normalized spacial score (nSPS) is 14.6. The Kier molecular flexibility index (Phi) is 6.17. The van der Waals surface area contributed by atoms with Crippen molar-refractivity contribution in [2.24, 2.45) is 0 Å². The van der Waals surface area contributed by atoms with E-state index in [9.17, 15) is 18.0 Å². The predicted molar refractivity (Wildman–Crippen MR) is 116 cm³/mol. The first kappa shape index (κ1) is 21.8. The molecule has 30 heavy (non-hydrogen) atoms. The quantitative estimate of drug-likeness (QED) is 0.649. The molecule has 1 aliphatic rings. The van der Waals surface area contributed by atoms with Crippen molar-refractivity contribution in [1.82, 2.24) is 0 Å². The molecule has 1 saturated carbocycles. The molecule has 7 nitrogen and oxygen atoms in total. The van der Waals surface area contributed by atoms with E-state index in [2.05, 4.69) is 5.32 Å². The smallest absolute Gasteiger partial charge is 0.316 e. The number of carbonyl (C=O) groups excluding carboxylic acids is 2. The number of carbonyl (C=O) groups is 2. The van der Waals surface area contributed by atoms with Gasteiger partial charge in [-0.15, -0.1) is 0 Å². The summed E-state index contributed by atoms with van der Waals surface area (Å²) in [7, 11) is -1.87.